The van der Waals surface area contributed by atoms with E-state index >= 15 is 0 Å². The van der Waals surface area contributed by atoms with E-state index < -0.39 is 0 Å². The van der Waals surface area contributed by atoms with Crippen molar-refractivity contribution in [2.24, 2.45) is 5.92 Å². The molecular weight excluding hydrogens is 214 g/mol. The Kier molecular flexibility index (Phi) is 2.82. The lowest BCUT2D eigenvalue weighted by molar-refractivity contribution is 0.0486. The van der Waals surface area contributed by atoms with Gasteiger partial charge in [0.25, 0.3) is 0 Å². The van der Waals surface area contributed by atoms with Gasteiger partial charge in [0, 0.05) is 10.7 Å². The minimum Gasteiger partial charge on any atom is -0.462 e. The fraction of sp³-hybridized carbons (Fsp3) is 0.364. The standard InChI is InChI=1S/C11H12ClNO2/c12-9-3-8(4-10(13)5-9)11(14)15-6-7-1-2-7/h3-5,7H,1-2,6,13H2. The van der Waals surface area contributed by atoms with Crippen LogP contribution in [-0.4, -0.2) is 12.6 Å². The summed E-state index contributed by atoms with van der Waals surface area (Å²) >= 11 is 5.78. The molecular formula is C11H12ClNO2. The van der Waals surface area contributed by atoms with Crippen molar-refractivity contribution in [1.29, 1.82) is 0 Å². The van der Waals surface area contributed by atoms with Gasteiger partial charge in [-0.1, -0.05) is 11.6 Å². The van der Waals surface area contributed by atoms with Crippen LogP contribution in [0.1, 0.15) is 23.2 Å². The average Bonchev–Trinajstić information content (AvgIpc) is 2.96. The third-order valence-corrected chi connectivity index (χ3v) is 2.52. The van der Waals surface area contributed by atoms with Gasteiger partial charge in [-0.15, -0.1) is 0 Å². The molecule has 1 aromatic carbocycles. The summed E-state index contributed by atoms with van der Waals surface area (Å²) in [6.07, 6.45) is 2.32. The van der Waals surface area contributed by atoms with Crippen molar-refractivity contribution in [3.63, 3.8) is 0 Å². The molecule has 0 atom stereocenters. The minimum absolute atomic E-state index is 0.351. The van der Waals surface area contributed by atoms with Gasteiger partial charge in [-0.2, -0.15) is 0 Å². The summed E-state index contributed by atoms with van der Waals surface area (Å²) in [6, 6.07) is 4.73. The van der Waals surface area contributed by atoms with E-state index in [1.807, 2.05) is 0 Å². The molecule has 1 saturated carbocycles. The zero-order chi connectivity index (χ0) is 10.8. The third kappa shape index (κ3) is 2.86. The summed E-state index contributed by atoms with van der Waals surface area (Å²) in [7, 11) is 0. The lowest BCUT2D eigenvalue weighted by atomic mass is 10.2. The lowest BCUT2D eigenvalue weighted by Gasteiger charge is -2.04. The molecule has 0 saturated heterocycles. The number of ether oxygens (including phenoxy) is 1. The van der Waals surface area contributed by atoms with Crippen molar-refractivity contribution >= 4 is 23.3 Å². The van der Waals surface area contributed by atoms with Crippen LogP contribution in [0.3, 0.4) is 0 Å². The number of halogens is 1. The highest BCUT2D eigenvalue weighted by Crippen LogP contribution is 2.29. The molecule has 1 aliphatic rings. The Labute approximate surface area is 93.2 Å². The molecule has 0 radical (unpaired) electrons. The van der Waals surface area contributed by atoms with Gasteiger partial charge in [0.15, 0.2) is 0 Å². The van der Waals surface area contributed by atoms with Crippen LogP contribution in [0.5, 0.6) is 0 Å². The number of rotatable bonds is 3. The Morgan fingerprint density at radius 3 is 2.80 bits per heavy atom. The fourth-order valence-corrected chi connectivity index (χ4v) is 1.54. The summed E-state index contributed by atoms with van der Waals surface area (Å²) < 4.78 is 5.11. The monoisotopic (exact) mass is 225 g/mol. The molecule has 2 rings (SSSR count). The molecule has 3 nitrogen and oxygen atoms in total. The van der Waals surface area contributed by atoms with Gasteiger partial charge in [0.1, 0.15) is 0 Å². The summed E-state index contributed by atoms with van der Waals surface area (Å²) in [5, 5.41) is 0.452. The molecule has 1 fully saturated rings. The Balaban J connectivity index is 2.02. The molecule has 0 spiro atoms. The van der Waals surface area contributed by atoms with Gasteiger partial charge < -0.3 is 10.5 Å². The summed E-state index contributed by atoms with van der Waals surface area (Å²) in [5.41, 5.74) is 6.46. The number of hydrogen-bond donors (Lipinski definition) is 1. The lowest BCUT2D eigenvalue weighted by Crippen LogP contribution is -2.08. The van der Waals surface area contributed by atoms with E-state index in [9.17, 15) is 4.79 Å². The molecule has 0 bridgehead atoms. The van der Waals surface area contributed by atoms with E-state index in [0.29, 0.717) is 28.8 Å². The van der Waals surface area contributed by atoms with Gasteiger partial charge in [-0.25, -0.2) is 4.79 Å². The second kappa shape index (κ2) is 4.11. The topological polar surface area (TPSA) is 52.3 Å². The highest BCUT2D eigenvalue weighted by molar-refractivity contribution is 6.31. The second-order valence-electron chi connectivity index (χ2n) is 3.82. The smallest absolute Gasteiger partial charge is 0.338 e. The minimum atomic E-state index is -0.351. The van der Waals surface area contributed by atoms with Crippen LogP contribution in [0.2, 0.25) is 5.02 Å². The molecule has 0 unspecified atom stereocenters. The van der Waals surface area contributed by atoms with E-state index in [0.717, 1.165) is 12.8 Å². The van der Waals surface area contributed by atoms with Crippen molar-refractivity contribution in [1.82, 2.24) is 0 Å². The molecule has 0 amide bonds. The first-order valence-corrected chi connectivity index (χ1v) is 5.26. The molecule has 80 valence electrons. The first-order chi connectivity index (χ1) is 7.15. The predicted octanol–water partition coefficient (Wildman–Crippen LogP) is 2.49. The number of nitrogen functional groups attached to an aromatic ring is 1. The summed E-state index contributed by atoms with van der Waals surface area (Å²) in [6.45, 7) is 0.505. The maximum Gasteiger partial charge on any atom is 0.338 e. The van der Waals surface area contributed by atoms with Crippen molar-refractivity contribution in [3.8, 4) is 0 Å². The molecule has 0 aromatic heterocycles. The molecule has 4 heteroatoms. The number of anilines is 1. The highest BCUT2D eigenvalue weighted by Gasteiger charge is 2.23. The Bertz CT molecular complexity index is 368. The third-order valence-electron chi connectivity index (χ3n) is 2.30. The van der Waals surface area contributed by atoms with Crippen molar-refractivity contribution in [2.45, 2.75) is 12.8 Å². The number of carbonyl (C=O) groups excluding carboxylic acids is 1. The predicted molar refractivity (Wildman–Crippen MR) is 58.9 cm³/mol. The Hall–Kier alpha value is -1.22. The van der Waals surface area contributed by atoms with Gasteiger partial charge in [0.2, 0.25) is 0 Å². The highest BCUT2D eigenvalue weighted by atomic mass is 35.5. The van der Waals surface area contributed by atoms with Gasteiger partial charge in [-0.05, 0) is 37.0 Å². The second-order valence-corrected chi connectivity index (χ2v) is 4.25. The maximum atomic E-state index is 11.5. The number of benzene rings is 1. The van der Waals surface area contributed by atoms with Crippen LogP contribution in [-0.2, 0) is 4.74 Å². The molecule has 0 heterocycles. The van der Waals surface area contributed by atoms with Crippen molar-refractivity contribution < 1.29 is 9.53 Å². The molecule has 0 aliphatic heterocycles. The van der Waals surface area contributed by atoms with Crippen LogP contribution < -0.4 is 5.73 Å². The molecule has 1 aliphatic carbocycles. The zero-order valence-electron chi connectivity index (χ0n) is 8.20. The van der Waals surface area contributed by atoms with E-state index in [2.05, 4.69) is 0 Å². The van der Waals surface area contributed by atoms with Crippen LogP contribution in [0, 0.1) is 5.92 Å². The number of nitrogens with two attached hydrogens (primary N) is 1. The molecule has 2 N–H and O–H groups in total. The largest absolute Gasteiger partial charge is 0.462 e. The van der Waals surface area contributed by atoms with E-state index in [4.69, 9.17) is 22.1 Å². The number of esters is 1. The summed E-state index contributed by atoms with van der Waals surface area (Å²) in [5.74, 6) is 0.210. The van der Waals surface area contributed by atoms with Gasteiger partial charge >= 0.3 is 5.97 Å². The SMILES string of the molecule is Nc1cc(Cl)cc(C(=O)OCC2CC2)c1. The van der Waals surface area contributed by atoms with E-state index in [1.165, 1.54) is 0 Å². The van der Waals surface area contributed by atoms with Crippen LogP contribution in [0.25, 0.3) is 0 Å². The number of hydrogen-bond acceptors (Lipinski definition) is 3. The van der Waals surface area contributed by atoms with E-state index in [1.54, 1.807) is 18.2 Å². The van der Waals surface area contributed by atoms with Crippen LogP contribution in [0.4, 0.5) is 5.69 Å². The quantitative estimate of drug-likeness (QED) is 0.635. The normalized spacial score (nSPS) is 15.0. The molecule has 1 aromatic rings. The van der Waals surface area contributed by atoms with Crippen molar-refractivity contribution in [3.05, 3.63) is 28.8 Å². The van der Waals surface area contributed by atoms with E-state index in [-0.39, 0.29) is 5.97 Å². The van der Waals surface area contributed by atoms with Gasteiger partial charge in [-0.3, -0.25) is 0 Å². The zero-order valence-corrected chi connectivity index (χ0v) is 8.96. The molecule has 15 heavy (non-hydrogen) atoms. The first-order valence-electron chi connectivity index (χ1n) is 4.88. The Morgan fingerprint density at radius 1 is 1.47 bits per heavy atom. The Morgan fingerprint density at radius 2 is 2.20 bits per heavy atom. The van der Waals surface area contributed by atoms with Crippen molar-refractivity contribution in [2.75, 3.05) is 12.3 Å². The number of carbonyl (C=O) groups is 1. The first kappa shape index (κ1) is 10.3. The fourth-order valence-electron chi connectivity index (χ4n) is 1.29. The van der Waals surface area contributed by atoms with Crippen LogP contribution in [0.15, 0.2) is 18.2 Å². The van der Waals surface area contributed by atoms with Crippen LogP contribution >= 0.6 is 11.6 Å². The summed E-state index contributed by atoms with van der Waals surface area (Å²) in [4.78, 5) is 11.5. The average molecular weight is 226 g/mol. The van der Waals surface area contributed by atoms with Gasteiger partial charge in [0.05, 0.1) is 12.2 Å². The maximum absolute atomic E-state index is 11.5.